The van der Waals surface area contributed by atoms with Gasteiger partial charge in [0.15, 0.2) is 0 Å². The van der Waals surface area contributed by atoms with Gasteiger partial charge in [-0.1, -0.05) is 13.0 Å². The van der Waals surface area contributed by atoms with Crippen LogP contribution in [0.4, 0.5) is 10.1 Å². The number of aryl methyl sites for hydroxylation is 1. The van der Waals surface area contributed by atoms with E-state index in [2.05, 4.69) is 5.32 Å². The normalized spacial score (nSPS) is 12.2. The molecule has 0 aromatic heterocycles. The second-order valence-electron chi connectivity index (χ2n) is 4.69. The van der Waals surface area contributed by atoms with Crippen LogP contribution in [-0.2, 0) is 9.59 Å². The molecule has 0 saturated carbocycles. The van der Waals surface area contributed by atoms with Crippen molar-refractivity contribution in [2.24, 2.45) is 0 Å². The van der Waals surface area contributed by atoms with Crippen molar-refractivity contribution in [1.29, 1.82) is 0 Å². The van der Waals surface area contributed by atoms with E-state index in [1.165, 1.54) is 11.0 Å². The Morgan fingerprint density at radius 2 is 2.10 bits per heavy atom. The molecule has 110 valence electrons. The van der Waals surface area contributed by atoms with Gasteiger partial charge >= 0.3 is 5.97 Å². The molecule has 1 unspecified atom stereocenters. The number of nitrogens with one attached hydrogen (secondary N) is 1. The number of carbonyl (C=O) groups is 2. The maximum atomic E-state index is 13.3. The molecule has 0 bridgehead atoms. The second kappa shape index (κ2) is 7.00. The van der Waals surface area contributed by atoms with Crippen molar-refractivity contribution in [3.05, 3.63) is 29.6 Å². The van der Waals surface area contributed by atoms with Crippen molar-refractivity contribution in [3.63, 3.8) is 0 Å². The lowest BCUT2D eigenvalue weighted by Crippen LogP contribution is -2.42. The van der Waals surface area contributed by atoms with Gasteiger partial charge < -0.3 is 10.4 Å². The van der Waals surface area contributed by atoms with Crippen molar-refractivity contribution < 1.29 is 19.1 Å². The fourth-order valence-electron chi connectivity index (χ4n) is 1.88. The molecule has 0 radical (unpaired) electrons. The Labute approximate surface area is 117 Å². The number of carboxylic acids is 1. The minimum Gasteiger partial charge on any atom is -0.480 e. The second-order valence-corrected chi connectivity index (χ2v) is 4.69. The van der Waals surface area contributed by atoms with Gasteiger partial charge in [0.25, 0.3) is 0 Å². The van der Waals surface area contributed by atoms with Gasteiger partial charge in [-0.2, -0.15) is 0 Å². The van der Waals surface area contributed by atoms with Gasteiger partial charge in [-0.15, -0.1) is 0 Å². The predicted molar refractivity (Wildman–Crippen MR) is 74.1 cm³/mol. The van der Waals surface area contributed by atoms with Gasteiger partial charge in [0.1, 0.15) is 11.9 Å². The van der Waals surface area contributed by atoms with Gasteiger partial charge in [-0.25, -0.2) is 4.39 Å². The number of amides is 1. The molecule has 0 spiro atoms. The molecule has 0 saturated heterocycles. The van der Waals surface area contributed by atoms with Crippen molar-refractivity contribution in [3.8, 4) is 0 Å². The minimum atomic E-state index is -0.968. The Morgan fingerprint density at radius 3 is 2.60 bits per heavy atom. The van der Waals surface area contributed by atoms with E-state index in [-0.39, 0.29) is 12.5 Å². The van der Waals surface area contributed by atoms with Gasteiger partial charge in [-0.05, 0) is 38.1 Å². The number of likely N-dealkylation sites (N-methyl/N-ethyl adjacent to an activating group) is 1. The molecular formula is C14H19FN2O3. The van der Waals surface area contributed by atoms with Gasteiger partial charge in [0, 0.05) is 5.69 Å². The van der Waals surface area contributed by atoms with E-state index in [1.807, 2.05) is 0 Å². The third-order valence-electron chi connectivity index (χ3n) is 3.05. The quantitative estimate of drug-likeness (QED) is 0.835. The molecule has 6 heteroatoms. The summed E-state index contributed by atoms with van der Waals surface area (Å²) >= 11 is 0. The van der Waals surface area contributed by atoms with Crippen LogP contribution in [0.5, 0.6) is 0 Å². The third kappa shape index (κ3) is 4.31. The van der Waals surface area contributed by atoms with Crippen molar-refractivity contribution in [1.82, 2.24) is 4.90 Å². The zero-order valence-electron chi connectivity index (χ0n) is 11.8. The van der Waals surface area contributed by atoms with Crippen molar-refractivity contribution >= 4 is 17.6 Å². The SMILES string of the molecule is CCC(C(=O)O)N(C)CC(=O)Nc1ccc(C)c(F)c1. The molecule has 0 aliphatic rings. The number of hydrogen-bond acceptors (Lipinski definition) is 3. The van der Waals surface area contributed by atoms with Crippen LogP contribution in [0.15, 0.2) is 18.2 Å². The first-order valence-electron chi connectivity index (χ1n) is 6.34. The minimum absolute atomic E-state index is 0.0691. The lowest BCUT2D eigenvalue weighted by atomic mass is 10.2. The molecule has 0 aliphatic heterocycles. The zero-order valence-corrected chi connectivity index (χ0v) is 11.8. The number of carbonyl (C=O) groups excluding carboxylic acids is 1. The summed E-state index contributed by atoms with van der Waals surface area (Å²) in [4.78, 5) is 24.2. The summed E-state index contributed by atoms with van der Waals surface area (Å²) in [7, 11) is 1.57. The zero-order chi connectivity index (χ0) is 15.3. The van der Waals surface area contributed by atoms with Crippen molar-refractivity contribution in [2.45, 2.75) is 26.3 Å². The van der Waals surface area contributed by atoms with Crippen LogP contribution in [0.1, 0.15) is 18.9 Å². The highest BCUT2D eigenvalue weighted by Crippen LogP contribution is 2.13. The molecule has 1 aromatic rings. The predicted octanol–water partition coefficient (Wildman–Crippen LogP) is 1.87. The number of hydrogen-bond donors (Lipinski definition) is 2. The van der Waals surface area contributed by atoms with E-state index in [9.17, 15) is 14.0 Å². The van der Waals surface area contributed by atoms with Crippen LogP contribution in [0.2, 0.25) is 0 Å². The number of benzene rings is 1. The number of nitrogens with zero attached hydrogens (tertiary/aromatic N) is 1. The summed E-state index contributed by atoms with van der Waals surface area (Å²) in [6, 6.07) is 3.70. The Morgan fingerprint density at radius 1 is 1.45 bits per heavy atom. The molecule has 1 amide bonds. The number of aliphatic carboxylic acids is 1. The average molecular weight is 282 g/mol. The molecule has 5 nitrogen and oxygen atoms in total. The fourth-order valence-corrected chi connectivity index (χ4v) is 1.88. The first kappa shape index (κ1) is 16.1. The fraction of sp³-hybridized carbons (Fsp3) is 0.429. The molecule has 1 aromatic carbocycles. The molecule has 0 heterocycles. The molecule has 0 aliphatic carbocycles. The van der Waals surface area contributed by atoms with Crippen molar-refractivity contribution in [2.75, 3.05) is 18.9 Å². The summed E-state index contributed by atoms with van der Waals surface area (Å²) in [5.41, 5.74) is 0.854. The first-order chi connectivity index (χ1) is 9.35. The Balaban J connectivity index is 2.63. The Bertz CT molecular complexity index is 505. The number of anilines is 1. The van der Waals surface area contributed by atoms with Crippen LogP contribution in [0.25, 0.3) is 0 Å². The Hall–Kier alpha value is -1.95. The summed E-state index contributed by atoms with van der Waals surface area (Å²) in [6.45, 7) is 3.30. The largest absolute Gasteiger partial charge is 0.480 e. The standard InChI is InChI=1S/C14H19FN2O3/c1-4-12(14(19)20)17(3)8-13(18)16-10-6-5-9(2)11(15)7-10/h5-7,12H,4,8H2,1-3H3,(H,16,18)(H,19,20). The Kier molecular flexibility index (Phi) is 5.64. The van der Waals surface area contributed by atoms with Gasteiger partial charge in [0.05, 0.1) is 6.54 Å². The van der Waals surface area contributed by atoms with Crippen LogP contribution in [0.3, 0.4) is 0 Å². The van der Waals surface area contributed by atoms with Gasteiger partial charge in [-0.3, -0.25) is 14.5 Å². The summed E-state index contributed by atoms with van der Waals surface area (Å²) in [6.07, 6.45) is 0.401. The van der Waals surface area contributed by atoms with Crippen LogP contribution in [0, 0.1) is 12.7 Å². The highest BCUT2D eigenvalue weighted by atomic mass is 19.1. The van der Waals surface area contributed by atoms with E-state index in [0.717, 1.165) is 0 Å². The van der Waals surface area contributed by atoms with E-state index < -0.39 is 17.8 Å². The number of halogens is 1. The van der Waals surface area contributed by atoms with E-state index >= 15 is 0 Å². The van der Waals surface area contributed by atoms with E-state index in [4.69, 9.17) is 5.11 Å². The van der Waals surface area contributed by atoms with E-state index in [1.54, 1.807) is 33.0 Å². The maximum Gasteiger partial charge on any atom is 0.320 e. The van der Waals surface area contributed by atoms with Crippen LogP contribution >= 0.6 is 0 Å². The maximum absolute atomic E-state index is 13.3. The molecule has 0 fully saturated rings. The highest BCUT2D eigenvalue weighted by molar-refractivity contribution is 5.92. The number of carboxylic acid groups (broad SMARTS) is 1. The first-order valence-corrected chi connectivity index (χ1v) is 6.34. The topological polar surface area (TPSA) is 69.6 Å². The van der Waals surface area contributed by atoms with Crippen LogP contribution in [-0.4, -0.2) is 41.5 Å². The lowest BCUT2D eigenvalue weighted by Gasteiger charge is -2.22. The molecule has 1 rings (SSSR count). The molecular weight excluding hydrogens is 263 g/mol. The average Bonchev–Trinajstić information content (AvgIpc) is 2.34. The lowest BCUT2D eigenvalue weighted by molar-refractivity contribution is -0.143. The van der Waals surface area contributed by atoms with Crippen LogP contribution < -0.4 is 5.32 Å². The van der Waals surface area contributed by atoms with Gasteiger partial charge in [0.2, 0.25) is 5.91 Å². The smallest absolute Gasteiger partial charge is 0.320 e. The third-order valence-corrected chi connectivity index (χ3v) is 3.05. The molecule has 1 atom stereocenters. The number of rotatable bonds is 6. The van der Waals surface area contributed by atoms with E-state index in [0.29, 0.717) is 17.7 Å². The highest BCUT2D eigenvalue weighted by Gasteiger charge is 2.22. The summed E-state index contributed by atoms with van der Waals surface area (Å²) < 4.78 is 13.3. The molecule has 2 N–H and O–H groups in total. The summed E-state index contributed by atoms with van der Waals surface area (Å²) in [5.74, 6) is -1.74. The molecule has 20 heavy (non-hydrogen) atoms. The monoisotopic (exact) mass is 282 g/mol. The summed E-state index contributed by atoms with van der Waals surface area (Å²) in [5, 5.41) is 11.5.